The molecular formula is C17H12ClFN2O3S. The Morgan fingerprint density at radius 3 is 2.84 bits per heavy atom. The molecule has 1 aromatic heterocycles. The quantitative estimate of drug-likeness (QED) is 0.614. The molecule has 0 unspecified atom stereocenters. The van der Waals surface area contributed by atoms with E-state index in [0.717, 1.165) is 16.9 Å². The Labute approximate surface area is 152 Å². The van der Waals surface area contributed by atoms with Crippen LogP contribution in [0.1, 0.15) is 11.1 Å². The Morgan fingerprint density at radius 2 is 2.00 bits per heavy atom. The SMILES string of the molecule is Fc1ccc(-c2nnc(SCc3cc(Cl)cc4c3OCOC4)o2)cc1. The summed E-state index contributed by atoms with van der Waals surface area (Å²) in [6.45, 7) is 0.699. The predicted molar refractivity (Wildman–Crippen MR) is 91.0 cm³/mol. The fraction of sp³-hybridized carbons (Fsp3) is 0.176. The van der Waals surface area contributed by atoms with Crippen molar-refractivity contribution in [3.8, 4) is 17.2 Å². The van der Waals surface area contributed by atoms with Gasteiger partial charge in [-0.05, 0) is 36.4 Å². The average Bonchev–Trinajstić information content (AvgIpc) is 3.09. The van der Waals surface area contributed by atoms with Gasteiger partial charge >= 0.3 is 0 Å². The number of benzene rings is 2. The Morgan fingerprint density at radius 1 is 1.16 bits per heavy atom. The topological polar surface area (TPSA) is 57.4 Å². The fourth-order valence-electron chi connectivity index (χ4n) is 2.48. The number of fused-ring (bicyclic) bond motifs is 1. The maximum Gasteiger partial charge on any atom is 0.277 e. The van der Waals surface area contributed by atoms with Crippen molar-refractivity contribution < 1.29 is 18.3 Å². The monoisotopic (exact) mass is 378 g/mol. The molecule has 0 N–H and O–H groups in total. The summed E-state index contributed by atoms with van der Waals surface area (Å²) in [6, 6.07) is 9.59. The maximum absolute atomic E-state index is 13.0. The zero-order valence-electron chi connectivity index (χ0n) is 12.9. The van der Waals surface area contributed by atoms with Gasteiger partial charge in [-0.15, -0.1) is 10.2 Å². The van der Waals surface area contributed by atoms with Crippen molar-refractivity contribution in [3.05, 3.63) is 58.4 Å². The Balaban J connectivity index is 1.51. The van der Waals surface area contributed by atoms with E-state index >= 15 is 0 Å². The van der Waals surface area contributed by atoms with Gasteiger partial charge in [-0.25, -0.2) is 4.39 Å². The number of ether oxygens (including phenoxy) is 2. The van der Waals surface area contributed by atoms with Crippen LogP contribution >= 0.6 is 23.4 Å². The van der Waals surface area contributed by atoms with Crippen molar-refractivity contribution in [2.24, 2.45) is 0 Å². The van der Waals surface area contributed by atoms with Gasteiger partial charge in [0.05, 0.1) is 6.61 Å². The lowest BCUT2D eigenvalue weighted by Crippen LogP contribution is -2.12. The maximum atomic E-state index is 13.0. The molecule has 128 valence electrons. The van der Waals surface area contributed by atoms with Crippen molar-refractivity contribution >= 4 is 23.4 Å². The summed E-state index contributed by atoms with van der Waals surface area (Å²) < 4.78 is 29.5. The van der Waals surface area contributed by atoms with E-state index in [0.29, 0.717) is 34.1 Å². The van der Waals surface area contributed by atoms with E-state index in [1.165, 1.54) is 23.9 Å². The van der Waals surface area contributed by atoms with Gasteiger partial charge in [0.15, 0.2) is 6.79 Å². The average molecular weight is 379 g/mol. The number of thioether (sulfide) groups is 1. The molecule has 4 rings (SSSR count). The molecule has 3 aromatic rings. The van der Waals surface area contributed by atoms with Gasteiger partial charge in [0, 0.05) is 27.5 Å². The Kier molecular flexibility index (Phi) is 4.61. The van der Waals surface area contributed by atoms with E-state index in [2.05, 4.69) is 10.2 Å². The number of rotatable bonds is 4. The lowest BCUT2D eigenvalue weighted by Gasteiger charge is -2.20. The van der Waals surface area contributed by atoms with E-state index in [1.807, 2.05) is 12.1 Å². The second kappa shape index (κ2) is 7.03. The highest BCUT2D eigenvalue weighted by Crippen LogP contribution is 2.35. The van der Waals surface area contributed by atoms with Crippen molar-refractivity contribution in [2.45, 2.75) is 17.6 Å². The van der Waals surface area contributed by atoms with Crippen LogP contribution < -0.4 is 4.74 Å². The van der Waals surface area contributed by atoms with Crippen LogP contribution in [0.15, 0.2) is 46.0 Å². The first-order valence-electron chi connectivity index (χ1n) is 7.43. The molecule has 0 spiro atoms. The van der Waals surface area contributed by atoms with Crippen LogP contribution in [0.2, 0.25) is 5.02 Å². The van der Waals surface area contributed by atoms with Gasteiger partial charge in [-0.2, -0.15) is 0 Å². The summed E-state index contributed by atoms with van der Waals surface area (Å²) in [4.78, 5) is 0. The first-order valence-corrected chi connectivity index (χ1v) is 8.79. The number of halogens is 2. The molecule has 25 heavy (non-hydrogen) atoms. The van der Waals surface area contributed by atoms with Crippen molar-refractivity contribution in [1.29, 1.82) is 0 Å². The summed E-state index contributed by atoms with van der Waals surface area (Å²) in [5, 5.41) is 9.06. The molecule has 8 heteroatoms. The normalized spacial score (nSPS) is 13.4. The number of hydrogen-bond donors (Lipinski definition) is 0. The van der Waals surface area contributed by atoms with Crippen LogP contribution in [0, 0.1) is 5.82 Å². The van der Waals surface area contributed by atoms with E-state index in [4.69, 9.17) is 25.5 Å². The van der Waals surface area contributed by atoms with Gasteiger partial charge in [0.1, 0.15) is 11.6 Å². The molecule has 1 aliphatic heterocycles. The van der Waals surface area contributed by atoms with Crippen LogP contribution in [-0.2, 0) is 17.1 Å². The van der Waals surface area contributed by atoms with E-state index in [9.17, 15) is 4.39 Å². The van der Waals surface area contributed by atoms with Gasteiger partial charge < -0.3 is 13.9 Å². The molecule has 5 nitrogen and oxygen atoms in total. The van der Waals surface area contributed by atoms with Crippen LogP contribution in [0.25, 0.3) is 11.5 Å². The van der Waals surface area contributed by atoms with Crippen molar-refractivity contribution in [3.63, 3.8) is 0 Å². The van der Waals surface area contributed by atoms with Gasteiger partial charge in [-0.1, -0.05) is 23.4 Å². The van der Waals surface area contributed by atoms with E-state index < -0.39 is 0 Å². The van der Waals surface area contributed by atoms with Gasteiger partial charge in [0.25, 0.3) is 5.22 Å². The zero-order valence-corrected chi connectivity index (χ0v) is 14.4. The fourth-order valence-corrected chi connectivity index (χ4v) is 3.47. The largest absolute Gasteiger partial charge is 0.467 e. The van der Waals surface area contributed by atoms with Crippen molar-refractivity contribution in [2.75, 3.05) is 6.79 Å². The molecule has 2 heterocycles. The highest BCUT2D eigenvalue weighted by Gasteiger charge is 2.18. The van der Waals surface area contributed by atoms with Crippen molar-refractivity contribution in [1.82, 2.24) is 10.2 Å². The molecule has 0 saturated carbocycles. The third kappa shape index (κ3) is 3.63. The first-order chi connectivity index (χ1) is 12.2. The number of hydrogen-bond acceptors (Lipinski definition) is 6. The second-order valence-corrected chi connectivity index (χ2v) is 6.70. The third-order valence-electron chi connectivity index (χ3n) is 3.60. The Bertz CT molecular complexity index is 901. The van der Waals surface area contributed by atoms with Gasteiger partial charge in [0.2, 0.25) is 5.89 Å². The minimum Gasteiger partial charge on any atom is -0.467 e. The highest BCUT2D eigenvalue weighted by molar-refractivity contribution is 7.98. The molecule has 2 aromatic carbocycles. The summed E-state index contributed by atoms with van der Waals surface area (Å²) in [7, 11) is 0. The smallest absolute Gasteiger partial charge is 0.277 e. The zero-order chi connectivity index (χ0) is 17.2. The molecule has 0 atom stereocenters. The summed E-state index contributed by atoms with van der Waals surface area (Å²) in [5.41, 5.74) is 2.53. The summed E-state index contributed by atoms with van der Waals surface area (Å²) in [6.07, 6.45) is 0. The lowest BCUT2D eigenvalue weighted by atomic mass is 10.1. The Hall–Kier alpha value is -2.09. The number of aromatic nitrogens is 2. The molecule has 0 saturated heterocycles. The lowest BCUT2D eigenvalue weighted by molar-refractivity contribution is -0.0168. The molecule has 0 amide bonds. The van der Waals surface area contributed by atoms with E-state index in [-0.39, 0.29) is 12.6 Å². The summed E-state index contributed by atoms with van der Waals surface area (Å²) >= 11 is 7.54. The molecular weight excluding hydrogens is 367 g/mol. The molecule has 0 radical (unpaired) electrons. The van der Waals surface area contributed by atoms with Crippen LogP contribution in [0.5, 0.6) is 5.75 Å². The van der Waals surface area contributed by atoms with E-state index in [1.54, 1.807) is 12.1 Å². The molecule has 0 fully saturated rings. The molecule has 0 aliphatic carbocycles. The standard InChI is InChI=1S/C17H12ClFN2O3S/c18-13-5-11-7-22-9-23-15(11)12(6-13)8-25-17-21-20-16(24-17)10-1-3-14(19)4-2-10/h1-6H,7-9H2. The molecule has 1 aliphatic rings. The molecule has 0 bridgehead atoms. The first kappa shape index (κ1) is 16.4. The minimum atomic E-state index is -0.312. The predicted octanol–water partition coefficient (Wildman–Crippen LogP) is 4.69. The van der Waals surface area contributed by atoms with Gasteiger partial charge in [-0.3, -0.25) is 0 Å². The minimum absolute atomic E-state index is 0.224. The highest BCUT2D eigenvalue weighted by atomic mass is 35.5. The third-order valence-corrected chi connectivity index (χ3v) is 4.69. The van der Waals surface area contributed by atoms with Crippen LogP contribution in [-0.4, -0.2) is 17.0 Å². The summed E-state index contributed by atoms with van der Waals surface area (Å²) in [5.74, 6) is 1.39. The van der Waals surface area contributed by atoms with Crippen LogP contribution in [0.3, 0.4) is 0 Å². The van der Waals surface area contributed by atoms with Crippen LogP contribution in [0.4, 0.5) is 4.39 Å². The second-order valence-electron chi connectivity index (χ2n) is 5.33. The number of nitrogens with zero attached hydrogens (tertiary/aromatic N) is 2.